The topological polar surface area (TPSA) is 112 Å². The van der Waals surface area contributed by atoms with Crippen molar-refractivity contribution in [2.24, 2.45) is 0 Å². The summed E-state index contributed by atoms with van der Waals surface area (Å²) in [5.41, 5.74) is 3.31. The van der Waals surface area contributed by atoms with Gasteiger partial charge in [-0.2, -0.15) is 0 Å². The van der Waals surface area contributed by atoms with Gasteiger partial charge in [-0.15, -0.1) is 0 Å². The van der Waals surface area contributed by atoms with Crippen molar-refractivity contribution in [1.29, 1.82) is 0 Å². The fraction of sp³-hybridized carbons (Fsp3) is 0.296. The van der Waals surface area contributed by atoms with E-state index in [0.29, 0.717) is 50.4 Å². The third kappa shape index (κ3) is 5.55. The fourth-order valence-electron chi connectivity index (χ4n) is 3.77. The molecular weight excluding hydrogens is 538 g/mol. The van der Waals surface area contributed by atoms with E-state index in [1.807, 2.05) is 39.0 Å². The normalized spacial score (nSPS) is 11.5. The summed E-state index contributed by atoms with van der Waals surface area (Å²) in [6.07, 6.45) is 3.36. The fourth-order valence-corrected chi connectivity index (χ4v) is 4.17. The molecule has 0 atom stereocenters. The number of ether oxygens (including phenoxy) is 2. The van der Waals surface area contributed by atoms with E-state index in [2.05, 4.69) is 35.9 Å². The molecule has 1 N–H and O–H groups in total. The highest BCUT2D eigenvalue weighted by molar-refractivity contribution is 9.10. The highest BCUT2D eigenvalue weighted by Crippen LogP contribution is 2.29. The molecule has 0 bridgehead atoms. The maximum Gasteiger partial charge on any atom is 0.273 e. The Kier molecular flexibility index (Phi) is 7.42. The molecule has 0 saturated carbocycles. The number of hydrogen-bond donors (Lipinski definition) is 1. The van der Waals surface area contributed by atoms with Crippen LogP contribution in [0.4, 0.5) is 0 Å². The predicted octanol–water partition coefficient (Wildman–Crippen LogP) is 4.59. The van der Waals surface area contributed by atoms with Crippen LogP contribution in [0.3, 0.4) is 0 Å². The molecule has 0 amide bonds. The predicted molar refractivity (Wildman–Crippen MR) is 143 cm³/mol. The number of pyridine rings is 3. The molecule has 0 aromatic carbocycles. The number of aryl methyl sites for hydroxylation is 3. The zero-order chi connectivity index (χ0) is 26.9. The van der Waals surface area contributed by atoms with E-state index in [9.17, 15) is 9.90 Å². The molecule has 0 saturated heterocycles. The second-order valence-electron chi connectivity index (χ2n) is 9.20. The highest BCUT2D eigenvalue weighted by Gasteiger charge is 2.22. The van der Waals surface area contributed by atoms with Crippen LogP contribution < -0.4 is 15.0 Å². The zero-order valence-corrected chi connectivity index (χ0v) is 23.1. The monoisotopic (exact) mass is 565 g/mol. The van der Waals surface area contributed by atoms with Crippen LogP contribution in [0.15, 0.2) is 52.0 Å². The smallest absolute Gasteiger partial charge is 0.273 e. The number of rotatable bonds is 7. The molecule has 0 aliphatic carbocycles. The number of nitrogens with zero attached hydrogens (tertiary/aromatic N) is 5. The first-order chi connectivity index (χ1) is 17.5. The average molecular weight is 566 g/mol. The molecule has 0 fully saturated rings. The Morgan fingerprint density at radius 2 is 1.78 bits per heavy atom. The van der Waals surface area contributed by atoms with Crippen molar-refractivity contribution in [3.05, 3.63) is 85.9 Å². The van der Waals surface area contributed by atoms with E-state index >= 15 is 0 Å². The molecule has 0 spiro atoms. The van der Waals surface area contributed by atoms with Gasteiger partial charge in [-0.05, 0) is 73.8 Å². The number of aliphatic hydroxyl groups is 1. The SMILES string of the molecule is COc1cccc(COc2cc(C)n(-c3cc(-c4nc(C(C)(C)O)ncc4C)ncc3C)c(=O)c2Br)n1. The molecule has 4 heterocycles. The summed E-state index contributed by atoms with van der Waals surface area (Å²) in [4.78, 5) is 31.2. The van der Waals surface area contributed by atoms with E-state index < -0.39 is 5.60 Å². The first-order valence-corrected chi connectivity index (χ1v) is 12.4. The molecule has 10 heteroatoms. The third-order valence-electron chi connectivity index (χ3n) is 5.74. The van der Waals surface area contributed by atoms with Gasteiger partial charge in [0.25, 0.3) is 5.56 Å². The van der Waals surface area contributed by atoms with E-state index in [1.165, 1.54) is 0 Å². The van der Waals surface area contributed by atoms with Crippen LogP contribution in [-0.2, 0) is 12.2 Å². The number of halogens is 1. The van der Waals surface area contributed by atoms with Gasteiger partial charge < -0.3 is 14.6 Å². The average Bonchev–Trinajstić information content (AvgIpc) is 2.86. The Morgan fingerprint density at radius 1 is 1.05 bits per heavy atom. The van der Waals surface area contributed by atoms with Crippen molar-refractivity contribution < 1.29 is 14.6 Å². The first kappa shape index (κ1) is 26.4. The van der Waals surface area contributed by atoms with Crippen molar-refractivity contribution in [1.82, 2.24) is 24.5 Å². The van der Waals surface area contributed by atoms with Crippen molar-refractivity contribution in [2.75, 3.05) is 7.11 Å². The van der Waals surface area contributed by atoms with Gasteiger partial charge in [0.05, 0.1) is 29.9 Å². The molecule has 4 rings (SSSR count). The summed E-state index contributed by atoms with van der Waals surface area (Å²) >= 11 is 3.43. The minimum Gasteiger partial charge on any atom is -0.486 e. The van der Waals surface area contributed by atoms with Crippen LogP contribution in [0.1, 0.15) is 42.2 Å². The lowest BCUT2D eigenvalue weighted by Crippen LogP contribution is -2.23. The summed E-state index contributed by atoms with van der Waals surface area (Å²) in [6.45, 7) is 9.04. The van der Waals surface area contributed by atoms with Crippen LogP contribution >= 0.6 is 15.9 Å². The van der Waals surface area contributed by atoms with Crippen molar-refractivity contribution in [2.45, 2.75) is 46.8 Å². The highest BCUT2D eigenvalue weighted by atomic mass is 79.9. The van der Waals surface area contributed by atoms with Gasteiger partial charge in [-0.25, -0.2) is 15.0 Å². The maximum atomic E-state index is 13.5. The van der Waals surface area contributed by atoms with Crippen LogP contribution in [-0.4, -0.2) is 36.7 Å². The molecule has 9 nitrogen and oxygen atoms in total. The van der Waals surface area contributed by atoms with Gasteiger partial charge in [0.15, 0.2) is 5.82 Å². The van der Waals surface area contributed by atoms with E-state index in [1.54, 1.807) is 50.1 Å². The van der Waals surface area contributed by atoms with Gasteiger partial charge in [0, 0.05) is 30.2 Å². The number of aromatic nitrogens is 5. The summed E-state index contributed by atoms with van der Waals surface area (Å²) in [5, 5.41) is 10.4. The van der Waals surface area contributed by atoms with Crippen molar-refractivity contribution in [3.8, 4) is 28.7 Å². The summed E-state index contributed by atoms with van der Waals surface area (Å²) in [5.74, 6) is 1.20. The van der Waals surface area contributed by atoms with Crippen molar-refractivity contribution in [3.63, 3.8) is 0 Å². The Morgan fingerprint density at radius 3 is 2.49 bits per heavy atom. The van der Waals surface area contributed by atoms with Gasteiger partial charge in [-0.3, -0.25) is 14.3 Å². The summed E-state index contributed by atoms with van der Waals surface area (Å²) in [6, 6.07) is 9.03. The molecule has 4 aromatic rings. The largest absolute Gasteiger partial charge is 0.486 e. The van der Waals surface area contributed by atoms with E-state index in [0.717, 1.165) is 11.1 Å². The molecule has 0 aliphatic rings. The Hall–Kier alpha value is -3.63. The van der Waals surface area contributed by atoms with Crippen LogP contribution in [0.2, 0.25) is 0 Å². The number of hydrogen-bond acceptors (Lipinski definition) is 8. The molecular formula is C27H28BrN5O4. The van der Waals surface area contributed by atoms with Crippen LogP contribution in [0.5, 0.6) is 11.6 Å². The van der Waals surface area contributed by atoms with Crippen molar-refractivity contribution >= 4 is 15.9 Å². The number of methoxy groups -OCH3 is 1. The Bertz CT molecular complexity index is 1530. The minimum atomic E-state index is -1.20. The molecule has 4 aromatic heterocycles. The summed E-state index contributed by atoms with van der Waals surface area (Å²) < 4.78 is 13.0. The van der Waals surface area contributed by atoms with E-state index in [-0.39, 0.29) is 12.2 Å². The van der Waals surface area contributed by atoms with Crippen LogP contribution in [0, 0.1) is 20.8 Å². The molecule has 37 heavy (non-hydrogen) atoms. The zero-order valence-electron chi connectivity index (χ0n) is 21.5. The van der Waals surface area contributed by atoms with E-state index in [4.69, 9.17) is 9.47 Å². The minimum absolute atomic E-state index is 0.174. The van der Waals surface area contributed by atoms with Gasteiger partial charge in [0.2, 0.25) is 5.88 Å². The standard InChI is InChI=1S/C27H28BrN5O4/c1-15-12-29-19(24-16(2)13-30-26(32-24)27(4,5)35)11-20(15)33-17(3)10-21(23(28)25(33)34)37-14-18-8-7-9-22(31-18)36-6/h7-13,35H,14H2,1-6H3. The lowest BCUT2D eigenvalue weighted by molar-refractivity contribution is 0.0688. The molecule has 0 aliphatic heterocycles. The Balaban J connectivity index is 1.73. The van der Waals surface area contributed by atoms with Gasteiger partial charge in [-0.1, -0.05) is 6.07 Å². The lowest BCUT2D eigenvalue weighted by atomic mass is 10.1. The third-order valence-corrected chi connectivity index (χ3v) is 6.47. The lowest BCUT2D eigenvalue weighted by Gasteiger charge is -2.18. The molecule has 192 valence electrons. The van der Waals surface area contributed by atoms with Gasteiger partial charge in [0.1, 0.15) is 22.4 Å². The second kappa shape index (κ2) is 10.4. The summed E-state index contributed by atoms with van der Waals surface area (Å²) in [7, 11) is 1.55. The molecule has 0 unspecified atom stereocenters. The maximum absolute atomic E-state index is 13.5. The second-order valence-corrected chi connectivity index (χ2v) is 10.00. The van der Waals surface area contributed by atoms with Gasteiger partial charge >= 0.3 is 0 Å². The first-order valence-electron chi connectivity index (χ1n) is 11.6. The molecule has 0 radical (unpaired) electrons. The quantitative estimate of drug-likeness (QED) is 0.346. The van der Waals surface area contributed by atoms with Crippen LogP contribution in [0.25, 0.3) is 17.1 Å². The Labute approximate surface area is 223 Å².